The highest BCUT2D eigenvalue weighted by Crippen LogP contribution is 2.27. The van der Waals surface area contributed by atoms with Gasteiger partial charge in [-0.15, -0.1) is 0 Å². The Labute approximate surface area is 126 Å². The Bertz CT molecular complexity index is 502. The van der Waals surface area contributed by atoms with Crippen LogP contribution in [0.4, 0.5) is 0 Å². The van der Waals surface area contributed by atoms with Crippen LogP contribution in [0.2, 0.25) is 0 Å². The Kier molecular flexibility index (Phi) is 5.94. The van der Waals surface area contributed by atoms with Crippen LogP contribution in [0.25, 0.3) is 0 Å². The van der Waals surface area contributed by atoms with E-state index in [1.165, 1.54) is 5.56 Å². The molecule has 116 valence electrons. The highest BCUT2D eigenvalue weighted by atomic mass is 16.6. The van der Waals surface area contributed by atoms with Gasteiger partial charge in [0.15, 0.2) is 5.41 Å². The number of carbonyl (C=O) groups excluding carboxylic acids is 2. The molecule has 1 aromatic carbocycles. The number of esters is 2. The van der Waals surface area contributed by atoms with Crippen molar-refractivity contribution < 1.29 is 19.1 Å². The third-order valence-electron chi connectivity index (χ3n) is 3.58. The number of carbonyl (C=O) groups is 2. The van der Waals surface area contributed by atoms with E-state index >= 15 is 0 Å². The molecule has 0 aliphatic carbocycles. The van der Waals surface area contributed by atoms with Crippen molar-refractivity contribution in [2.75, 3.05) is 13.2 Å². The van der Waals surface area contributed by atoms with Crippen molar-refractivity contribution in [3.05, 3.63) is 34.9 Å². The summed E-state index contributed by atoms with van der Waals surface area (Å²) in [6, 6.07) is 5.91. The molecular formula is C17H24O4. The van der Waals surface area contributed by atoms with Crippen LogP contribution < -0.4 is 0 Å². The lowest BCUT2D eigenvalue weighted by molar-refractivity contribution is -0.170. The van der Waals surface area contributed by atoms with E-state index in [1.54, 1.807) is 20.8 Å². The summed E-state index contributed by atoms with van der Waals surface area (Å²) >= 11 is 0. The Morgan fingerprint density at radius 1 is 1.00 bits per heavy atom. The molecule has 0 saturated heterocycles. The van der Waals surface area contributed by atoms with Gasteiger partial charge in [-0.3, -0.25) is 9.59 Å². The van der Waals surface area contributed by atoms with E-state index in [0.29, 0.717) is 0 Å². The van der Waals surface area contributed by atoms with Gasteiger partial charge in [0.25, 0.3) is 0 Å². The summed E-state index contributed by atoms with van der Waals surface area (Å²) in [4.78, 5) is 24.4. The molecule has 0 unspecified atom stereocenters. The van der Waals surface area contributed by atoms with Crippen molar-refractivity contribution in [1.29, 1.82) is 0 Å². The molecule has 0 amide bonds. The molecule has 0 aliphatic heterocycles. The van der Waals surface area contributed by atoms with Crippen LogP contribution in [0, 0.1) is 19.3 Å². The van der Waals surface area contributed by atoms with Crippen LogP contribution >= 0.6 is 0 Å². The first kappa shape index (κ1) is 17.2. The van der Waals surface area contributed by atoms with Crippen LogP contribution in [0.5, 0.6) is 0 Å². The van der Waals surface area contributed by atoms with Crippen LogP contribution in [0.3, 0.4) is 0 Å². The van der Waals surface area contributed by atoms with E-state index in [-0.39, 0.29) is 19.6 Å². The fourth-order valence-electron chi connectivity index (χ4n) is 2.13. The topological polar surface area (TPSA) is 52.6 Å². The number of hydrogen-bond acceptors (Lipinski definition) is 4. The SMILES string of the molecule is CCOC(=O)C(C)(Cc1ccc(C)c(C)c1)C(=O)OCC. The second-order valence-corrected chi connectivity index (χ2v) is 5.37. The minimum atomic E-state index is -1.31. The summed E-state index contributed by atoms with van der Waals surface area (Å²) in [5.41, 5.74) is 1.91. The maximum Gasteiger partial charge on any atom is 0.323 e. The molecular weight excluding hydrogens is 268 g/mol. The molecule has 1 rings (SSSR count). The van der Waals surface area contributed by atoms with E-state index in [9.17, 15) is 9.59 Å². The fraction of sp³-hybridized carbons (Fsp3) is 0.529. The van der Waals surface area contributed by atoms with Crippen molar-refractivity contribution >= 4 is 11.9 Å². The molecule has 21 heavy (non-hydrogen) atoms. The molecule has 0 fully saturated rings. The van der Waals surface area contributed by atoms with Gasteiger partial charge >= 0.3 is 11.9 Å². The Hall–Kier alpha value is -1.84. The average molecular weight is 292 g/mol. The average Bonchev–Trinajstić information content (AvgIpc) is 2.43. The summed E-state index contributed by atoms with van der Waals surface area (Å²) in [6.45, 7) is 9.53. The molecule has 4 nitrogen and oxygen atoms in total. The predicted octanol–water partition coefficient (Wildman–Crippen LogP) is 2.98. The molecule has 0 heterocycles. The van der Waals surface area contributed by atoms with E-state index in [1.807, 2.05) is 32.0 Å². The van der Waals surface area contributed by atoms with Crippen LogP contribution in [0.1, 0.15) is 37.5 Å². The van der Waals surface area contributed by atoms with Crippen molar-refractivity contribution in [3.8, 4) is 0 Å². The molecule has 0 aromatic heterocycles. The van der Waals surface area contributed by atoms with E-state index in [0.717, 1.165) is 11.1 Å². The van der Waals surface area contributed by atoms with Gasteiger partial charge in [-0.1, -0.05) is 18.2 Å². The van der Waals surface area contributed by atoms with Crippen LogP contribution in [-0.2, 0) is 25.5 Å². The van der Waals surface area contributed by atoms with Gasteiger partial charge in [0.05, 0.1) is 13.2 Å². The fourth-order valence-corrected chi connectivity index (χ4v) is 2.13. The van der Waals surface area contributed by atoms with Gasteiger partial charge in [-0.25, -0.2) is 0 Å². The zero-order valence-electron chi connectivity index (χ0n) is 13.5. The number of ether oxygens (including phenoxy) is 2. The first-order valence-electron chi connectivity index (χ1n) is 7.25. The smallest absolute Gasteiger partial charge is 0.323 e. The molecule has 0 N–H and O–H groups in total. The molecule has 4 heteroatoms. The third kappa shape index (κ3) is 4.06. The Morgan fingerprint density at radius 2 is 1.52 bits per heavy atom. The summed E-state index contributed by atoms with van der Waals surface area (Å²) in [5, 5.41) is 0. The zero-order valence-corrected chi connectivity index (χ0v) is 13.5. The lowest BCUT2D eigenvalue weighted by Crippen LogP contribution is -2.41. The molecule has 0 saturated carbocycles. The molecule has 0 bridgehead atoms. The number of benzene rings is 1. The maximum absolute atomic E-state index is 12.2. The minimum Gasteiger partial charge on any atom is -0.465 e. The second kappa shape index (κ2) is 7.25. The highest BCUT2D eigenvalue weighted by Gasteiger charge is 2.44. The lowest BCUT2D eigenvalue weighted by Gasteiger charge is -2.25. The monoisotopic (exact) mass is 292 g/mol. The number of aryl methyl sites for hydroxylation is 2. The molecule has 1 aromatic rings. The van der Waals surface area contributed by atoms with E-state index < -0.39 is 17.4 Å². The van der Waals surface area contributed by atoms with Crippen molar-refractivity contribution in [2.24, 2.45) is 5.41 Å². The van der Waals surface area contributed by atoms with E-state index in [2.05, 4.69) is 0 Å². The summed E-state index contributed by atoms with van der Waals surface area (Å²) in [5.74, 6) is -1.08. The highest BCUT2D eigenvalue weighted by molar-refractivity contribution is 5.99. The molecule has 0 spiro atoms. The zero-order chi connectivity index (χ0) is 16.0. The largest absolute Gasteiger partial charge is 0.465 e. The minimum absolute atomic E-state index is 0.237. The molecule has 0 radical (unpaired) electrons. The maximum atomic E-state index is 12.2. The number of hydrogen-bond donors (Lipinski definition) is 0. The van der Waals surface area contributed by atoms with Gasteiger partial charge < -0.3 is 9.47 Å². The van der Waals surface area contributed by atoms with Gasteiger partial charge in [-0.05, 0) is 57.7 Å². The van der Waals surface area contributed by atoms with Crippen molar-refractivity contribution in [3.63, 3.8) is 0 Å². The van der Waals surface area contributed by atoms with Gasteiger partial charge in [0.1, 0.15) is 0 Å². The summed E-state index contributed by atoms with van der Waals surface area (Å²) in [6.07, 6.45) is 0.270. The molecule has 0 atom stereocenters. The summed E-state index contributed by atoms with van der Waals surface area (Å²) in [7, 11) is 0. The summed E-state index contributed by atoms with van der Waals surface area (Å²) < 4.78 is 10.1. The van der Waals surface area contributed by atoms with Crippen molar-refractivity contribution in [1.82, 2.24) is 0 Å². The third-order valence-corrected chi connectivity index (χ3v) is 3.58. The van der Waals surface area contributed by atoms with E-state index in [4.69, 9.17) is 9.47 Å². The van der Waals surface area contributed by atoms with Crippen molar-refractivity contribution in [2.45, 2.75) is 41.0 Å². The molecule has 0 aliphatic rings. The van der Waals surface area contributed by atoms with Gasteiger partial charge in [-0.2, -0.15) is 0 Å². The normalized spacial score (nSPS) is 11.1. The Morgan fingerprint density at radius 3 is 1.95 bits per heavy atom. The van der Waals surface area contributed by atoms with Crippen LogP contribution in [0.15, 0.2) is 18.2 Å². The quantitative estimate of drug-likeness (QED) is 0.597. The van der Waals surface area contributed by atoms with Gasteiger partial charge in [0, 0.05) is 0 Å². The van der Waals surface area contributed by atoms with Gasteiger partial charge in [0.2, 0.25) is 0 Å². The predicted molar refractivity (Wildman–Crippen MR) is 81.0 cm³/mol. The lowest BCUT2D eigenvalue weighted by atomic mass is 9.83. The standard InChI is InChI=1S/C17H24O4/c1-6-20-15(18)17(5,16(19)21-7-2)11-14-9-8-12(3)13(4)10-14/h8-10H,6-7,11H2,1-5H3. The van der Waals surface area contributed by atoms with Crippen LogP contribution in [-0.4, -0.2) is 25.2 Å². The second-order valence-electron chi connectivity index (χ2n) is 5.37. The first-order chi connectivity index (χ1) is 9.85. The number of rotatable bonds is 6. The first-order valence-corrected chi connectivity index (χ1v) is 7.25. The Balaban J connectivity index is 3.09.